The summed E-state index contributed by atoms with van der Waals surface area (Å²) < 4.78 is 0. The van der Waals surface area contributed by atoms with Crippen LogP contribution in [0, 0.1) is 0 Å². The predicted molar refractivity (Wildman–Crippen MR) is 84.2 cm³/mol. The molecule has 0 bridgehead atoms. The molecular formula is C18H20S. The molecule has 0 radical (unpaired) electrons. The molecule has 0 atom stereocenters. The lowest BCUT2D eigenvalue weighted by Crippen LogP contribution is -1.92. The highest BCUT2D eigenvalue weighted by molar-refractivity contribution is 7.99. The van der Waals surface area contributed by atoms with Crippen LogP contribution in [0.1, 0.15) is 42.0 Å². The van der Waals surface area contributed by atoms with Crippen molar-refractivity contribution in [1.29, 1.82) is 0 Å². The van der Waals surface area contributed by atoms with Crippen LogP contribution in [-0.2, 0) is 12.8 Å². The van der Waals surface area contributed by atoms with Crippen LogP contribution in [0.3, 0.4) is 0 Å². The molecule has 19 heavy (non-hydrogen) atoms. The van der Waals surface area contributed by atoms with E-state index in [1.54, 1.807) is 5.56 Å². The molecular weight excluding hydrogens is 248 g/mol. The van der Waals surface area contributed by atoms with Gasteiger partial charge in [-0.15, -0.1) is 11.8 Å². The fourth-order valence-electron chi connectivity index (χ4n) is 2.61. The third kappa shape index (κ3) is 2.87. The Labute approximate surface area is 120 Å². The van der Waals surface area contributed by atoms with Gasteiger partial charge in [0.25, 0.3) is 0 Å². The van der Waals surface area contributed by atoms with Gasteiger partial charge in [-0.05, 0) is 47.1 Å². The molecule has 1 aliphatic rings. The number of hydrogen-bond donors (Lipinski definition) is 0. The van der Waals surface area contributed by atoms with E-state index in [9.17, 15) is 0 Å². The number of rotatable bonds is 3. The maximum Gasteiger partial charge on any atom is 0.0105 e. The lowest BCUT2D eigenvalue weighted by Gasteiger charge is -2.08. The van der Waals surface area contributed by atoms with Crippen molar-refractivity contribution in [3.63, 3.8) is 0 Å². The largest absolute Gasteiger partial charge is 0.126 e. The van der Waals surface area contributed by atoms with Gasteiger partial charge in [-0.1, -0.05) is 50.2 Å². The average Bonchev–Trinajstić information content (AvgIpc) is 2.87. The summed E-state index contributed by atoms with van der Waals surface area (Å²) in [7, 11) is 0. The molecule has 0 unspecified atom stereocenters. The van der Waals surface area contributed by atoms with Gasteiger partial charge in [0.2, 0.25) is 0 Å². The summed E-state index contributed by atoms with van der Waals surface area (Å²) in [6.07, 6.45) is 2.29. The molecule has 0 N–H and O–H groups in total. The smallest absolute Gasteiger partial charge is 0.0105 e. The second kappa shape index (κ2) is 5.42. The molecule has 0 fully saturated rings. The zero-order valence-corrected chi connectivity index (χ0v) is 12.5. The van der Waals surface area contributed by atoms with Crippen molar-refractivity contribution in [3.8, 4) is 0 Å². The van der Waals surface area contributed by atoms with Crippen LogP contribution < -0.4 is 0 Å². The van der Waals surface area contributed by atoms with Crippen LogP contribution in [-0.4, -0.2) is 5.75 Å². The van der Waals surface area contributed by atoms with Crippen LogP contribution >= 0.6 is 11.8 Å². The van der Waals surface area contributed by atoms with Crippen molar-refractivity contribution in [2.45, 2.75) is 37.5 Å². The van der Waals surface area contributed by atoms with Crippen molar-refractivity contribution in [2.75, 3.05) is 5.75 Å². The molecule has 1 aliphatic heterocycles. The minimum atomic E-state index is 0.617. The zero-order chi connectivity index (χ0) is 13.2. The predicted octanol–water partition coefficient (Wildman–Crippen LogP) is 5.05. The number of thioether (sulfide) groups is 1. The molecule has 2 aromatic carbocycles. The molecule has 98 valence electrons. The Morgan fingerprint density at radius 3 is 2.47 bits per heavy atom. The monoisotopic (exact) mass is 268 g/mol. The Kier molecular flexibility index (Phi) is 3.65. The lowest BCUT2D eigenvalue weighted by molar-refractivity contribution is 0.865. The molecule has 0 aromatic heterocycles. The third-order valence-electron chi connectivity index (χ3n) is 3.81. The van der Waals surface area contributed by atoms with Gasteiger partial charge >= 0.3 is 0 Å². The fraction of sp³-hybridized carbons (Fsp3) is 0.333. The Bertz CT molecular complexity index is 567. The first kappa shape index (κ1) is 12.8. The van der Waals surface area contributed by atoms with Crippen LogP contribution in [0.25, 0.3) is 0 Å². The fourth-order valence-corrected chi connectivity index (χ4v) is 3.66. The van der Waals surface area contributed by atoms with Gasteiger partial charge in [-0.3, -0.25) is 0 Å². The minimum Gasteiger partial charge on any atom is -0.126 e. The van der Waals surface area contributed by atoms with Gasteiger partial charge in [-0.25, -0.2) is 0 Å². The van der Waals surface area contributed by atoms with E-state index in [0.717, 1.165) is 6.42 Å². The molecule has 0 amide bonds. The third-order valence-corrected chi connectivity index (χ3v) is 4.93. The highest BCUT2D eigenvalue weighted by atomic mass is 32.2. The zero-order valence-electron chi connectivity index (χ0n) is 11.6. The second-order valence-corrected chi connectivity index (χ2v) is 6.75. The van der Waals surface area contributed by atoms with Gasteiger partial charge in [0.15, 0.2) is 0 Å². The maximum atomic E-state index is 2.39. The van der Waals surface area contributed by atoms with Crippen molar-refractivity contribution < 1.29 is 0 Å². The van der Waals surface area contributed by atoms with E-state index in [0.29, 0.717) is 5.92 Å². The van der Waals surface area contributed by atoms with Gasteiger partial charge in [0, 0.05) is 10.6 Å². The van der Waals surface area contributed by atoms with E-state index < -0.39 is 0 Å². The maximum absolute atomic E-state index is 2.39. The summed E-state index contributed by atoms with van der Waals surface area (Å²) in [5, 5.41) is 0. The summed E-state index contributed by atoms with van der Waals surface area (Å²) in [6, 6.07) is 16.1. The molecule has 3 rings (SSSR count). The Morgan fingerprint density at radius 1 is 1.00 bits per heavy atom. The van der Waals surface area contributed by atoms with Crippen LogP contribution in [0.15, 0.2) is 47.4 Å². The number of benzene rings is 2. The number of hydrogen-bond acceptors (Lipinski definition) is 1. The Hall–Kier alpha value is -1.21. The topological polar surface area (TPSA) is 0 Å². The van der Waals surface area contributed by atoms with Gasteiger partial charge in [-0.2, -0.15) is 0 Å². The van der Waals surface area contributed by atoms with E-state index in [1.807, 2.05) is 11.8 Å². The van der Waals surface area contributed by atoms with E-state index in [4.69, 9.17) is 0 Å². The van der Waals surface area contributed by atoms with Crippen molar-refractivity contribution >= 4 is 11.8 Å². The summed E-state index contributed by atoms with van der Waals surface area (Å²) in [6.45, 7) is 4.49. The lowest BCUT2D eigenvalue weighted by atomic mass is 9.98. The molecule has 0 saturated heterocycles. The molecule has 0 spiro atoms. The highest BCUT2D eigenvalue weighted by Gasteiger charge is 2.11. The van der Waals surface area contributed by atoms with Crippen LogP contribution in [0.4, 0.5) is 0 Å². The van der Waals surface area contributed by atoms with E-state index >= 15 is 0 Å². The van der Waals surface area contributed by atoms with Crippen molar-refractivity contribution in [1.82, 2.24) is 0 Å². The van der Waals surface area contributed by atoms with Gasteiger partial charge in [0.05, 0.1) is 0 Å². The van der Waals surface area contributed by atoms with Gasteiger partial charge in [0.1, 0.15) is 0 Å². The minimum absolute atomic E-state index is 0.617. The summed E-state index contributed by atoms with van der Waals surface area (Å²) in [5.74, 6) is 1.87. The molecule has 1 heteroatoms. The quantitative estimate of drug-likeness (QED) is 0.750. The average molecular weight is 268 g/mol. The molecule has 2 aromatic rings. The molecule has 0 saturated carbocycles. The second-order valence-electron chi connectivity index (χ2n) is 5.61. The summed E-state index contributed by atoms with van der Waals surface area (Å²) >= 11 is 1.99. The Balaban J connectivity index is 1.77. The van der Waals surface area contributed by atoms with Crippen LogP contribution in [0.2, 0.25) is 0 Å². The Morgan fingerprint density at radius 2 is 1.74 bits per heavy atom. The standard InChI is InChI=1S/C18H20S/c1-13(2)16-6-3-14(4-7-16)11-15-5-8-18-17(12-15)9-10-19-18/h3-8,12-13H,9-11H2,1-2H3. The molecule has 0 aliphatic carbocycles. The first-order valence-corrected chi connectivity index (χ1v) is 8.04. The number of fused-ring (bicyclic) bond motifs is 1. The van der Waals surface area contributed by atoms with Gasteiger partial charge < -0.3 is 0 Å². The molecule has 1 heterocycles. The first-order valence-electron chi connectivity index (χ1n) is 7.06. The van der Waals surface area contributed by atoms with Crippen LogP contribution in [0.5, 0.6) is 0 Å². The number of aryl methyl sites for hydroxylation is 1. The van der Waals surface area contributed by atoms with Crippen molar-refractivity contribution in [2.24, 2.45) is 0 Å². The normalized spacial score (nSPS) is 13.8. The first-order chi connectivity index (χ1) is 9.22. The summed E-state index contributed by atoms with van der Waals surface area (Å²) in [4.78, 5) is 1.49. The van der Waals surface area contributed by atoms with E-state index in [-0.39, 0.29) is 0 Å². The van der Waals surface area contributed by atoms with E-state index in [1.165, 1.54) is 33.8 Å². The SMILES string of the molecule is CC(C)c1ccc(Cc2ccc3c(c2)CCS3)cc1. The summed E-state index contributed by atoms with van der Waals surface area (Å²) in [5.41, 5.74) is 5.82. The highest BCUT2D eigenvalue weighted by Crippen LogP contribution is 2.32. The molecule has 0 nitrogen and oxygen atoms in total. The van der Waals surface area contributed by atoms with E-state index in [2.05, 4.69) is 56.3 Å². The van der Waals surface area contributed by atoms with Crippen molar-refractivity contribution in [3.05, 3.63) is 64.7 Å².